The highest BCUT2D eigenvalue weighted by atomic mass is 32.1. The van der Waals surface area contributed by atoms with E-state index in [1.54, 1.807) is 24.8 Å². The summed E-state index contributed by atoms with van der Waals surface area (Å²) in [6, 6.07) is 10.3. The van der Waals surface area contributed by atoms with Crippen molar-refractivity contribution in [1.82, 2.24) is 14.9 Å². The summed E-state index contributed by atoms with van der Waals surface area (Å²) in [5.41, 5.74) is 1.16. The zero-order valence-electron chi connectivity index (χ0n) is 13.5. The summed E-state index contributed by atoms with van der Waals surface area (Å²) in [4.78, 5) is 11.8. The first-order valence-electron chi connectivity index (χ1n) is 7.42. The van der Waals surface area contributed by atoms with Crippen molar-refractivity contribution in [1.29, 1.82) is 0 Å². The van der Waals surface area contributed by atoms with Crippen LogP contribution in [0.5, 0.6) is 5.75 Å². The molecule has 0 saturated carbocycles. The SMILES string of the molecule is COc1ccccc1[C@@H](CNc1ncnc2sccc12)N(C)C. The molecule has 1 atom stereocenters. The molecule has 3 aromatic rings. The Morgan fingerprint density at radius 2 is 2.04 bits per heavy atom. The average molecular weight is 328 g/mol. The minimum Gasteiger partial charge on any atom is -0.496 e. The van der Waals surface area contributed by atoms with Crippen molar-refractivity contribution in [3.8, 4) is 5.75 Å². The number of anilines is 1. The Morgan fingerprint density at radius 3 is 2.83 bits per heavy atom. The van der Waals surface area contributed by atoms with E-state index in [-0.39, 0.29) is 6.04 Å². The number of thiophene rings is 1. The maximum Gasteiger partial charge on any atom is 0.138 e. The first-order chi connectivity index (χ1) is 11.2. The second kappa shape index (κ2) is 6.93. The van der Waals surface area contributed by atoms with E-state index in [2.05, 4.69) is 46.4 Å². The Labute approximate surface area is 139 Å². The van der Waals surface area contributed by atoms with Crippen molar-refractivity contribution < 1.29 is 4.74 Å². The predicted molar refractivity (Wildman–Crippen MR) is 95.3 cm³/mol. The van der Waals surface area contributed by atoms with Crippen molar-refractivity contribution >= 4 is 27.4 Å². The largest absolute Gasteiger partial charge is 0.496 e. The number of aromatic nitrogens is 2. The van der Waals surface area contributed by atoms with E-state index in [0.717, 1.165) is 33.9 Å². The van der Waals surface area contributed by atoms with Gasteiger partial charge < -0.3 is 15.0 Å². The van der Waals surface area contributed by atoms with Gasteiger partial charge in [0.1, 0.15) is 22.7 Å². The van der Waals surface area contributed by atoms with Crippen LogP contribution in [0.1, 0.15) is 11.6 Å². The Bertz CT molecular complexity index is 787. The molecule has 1 aromatic carbocycles. The Morgan fingerprint density at radius 1 is 1.22 bits per heavy atom. The van der Waals surface area contributed by atoms with Gasteiger partial charge in [0.2, 0.25) is 0 Å². The summed E-state index contributed by atoms with van der Waals surface area (Å²) in [7, 11) is 5.84. The molecule has 120 valence electrons. The van der Waals surface area contributed by atoms with Crippen LogP contribution in [0.4, 0.5) is 5.82 Å². The zero-order valence-corrected chi connectivity index (χ0v) is 14.3. The van der Waals surface area contributed by atoms with Crippen LogP contribution in [0.25, 0.3) is 10.2 Å². The molecular formula is C17H20N4OS. The standard InChI is InChI=1S/C17H20N4OS/c1-21(2)14(12-6-4-5-7-15(12)22-3)10-18-16-13-8-9-23-17(13)20-11-19-16/h4-9,11,14H,10H2,1-3H3,(H,18,19,20)/t14-/m1/s1. The predicted octanol–water partition coefficient (Wildman–Crippen LogP) is 3.41. The van der Waals surface area contributed by atoms with Crippen molar-refractivity contribution in [2.24, 2.45) is 0 Å². The molecule has 0 radical (unpaired) electrons. The summed E-state index contributed by atoms with van der Waals surface area (Å²) < 4.78 is 5.51. The van der Waals surface area contributed by atoms with E-state index < -0.39 is 0 Å². The van der Waals surface area contributed by atoms with Gasteiger partial charge in [-0.1, -0.05) is 18.2 Å². The molecule has 0 spiro atoms. The van der Waals surface area contributed by atoms with Gasteiger partial charge in [-0.15, -0.1) is 11.3 Å². The smallest absolute Gasteiger partial charge is 0.138 e. The maximum absolute atomic E-state index is 5.51. The van der Waals surface area contributed by atoms with Crippen molar-refractivity contribution in [3.63, 3.8) is 0 Å². The molecule has 2 aromatic heterocycles. The molecular weight excluding hydrogens is 308 g/mol. The average Bonchev–Trinajstić information content (AvgIpc) is 3.04. The van der Waals surface area contributed by atoms with Gasteiger partial charge >= 0.3 is 0 Å². The third-order valence-electron chi connectivity index (χ3n) is 3.85. The number of fused-ring (bicyclic) bond motifs is 1. The van der Waals surface area contributed by atoms with Gasteiger partial charge in [0.25, 0.3) is 0 Å². The fourth-order valence-electron chi connectivity index (χ4n) is 2.64. The fourth-order valence-corrected chi connectivity index (χ4v) is 3.37. The topological polar surface area (TPSA) is 50.3 Å². The van der Waals surface area contributed by atoms with Gasteiger partial charge in [0.15, 0.2) is 0 Å². The highest BCUT2D eigenvalue weighted by Crippen LogP contribution is 2.29. The number of methoxy groups -OCH3 is 1. The van der Waals surface area contributed by atoms with Gasteiger partial charge in [-0.25, -0.2) is 9.97 Å². The Hall–Kier alpha value is -2.18. The van der Waals surface area contributed by atoms with Crippen LogP contribution >= 0.6 is 11.3 Å². The molecule has 0 saturated heterocycles. The van der Waals surface area contributed by atoms with Gasteiger partial charge in [-0.3, -0.25) is 0 Å². The van der Waals surface area contributed by atoms with E-state index in [1.807, 2.05) is 23.6 Å². The summed E-state index contributed by atoms with van der Waals surface area (Å²) in [5, 5.41) is 6.56. The van der Waals surface area contributed by atoms with Gasteiger partial charge in [0, 0.05) is 12.1 Å². The number of nitrogens with zero attached hydrogens (tertiary/aromatic N) is 3. The van der Waals surface area contributed by atoms with E-state index in [4.69, 9.17) is 4.74 Å². The quantitative estimate of drug-likeness (QED) is 0.751. The Kier molecular flexibility index (Phi) is 4.73. The molecule has 6 heteroatoms. The number of para-hydroxylation sites is 1. The normalized spacial score (nSPS) is 12.5. The molecule has 0 unspecified atom stereocenters. The van der Waals surface area contributed by atoms with Crippen LogP contribution in [-0.2, 0) is 0 Å². The minimum atomic E-state index is 0.176. The molecule has 0 amide bonds. The van der Waals surface area contributed by atoms with Crippen molar-refractivity contribution in [2.45, 2.75) is 6.04 Å². The van der Waals surface area contributed by atoms with Crippen LogP contribution in [0, 0.1) is 0 Å². The van der Waals surface area contributed by atoms with E-state index in [1.165, 1.54) is 0 Å². The minimum absolute atomic E-state index is 0.176. The number of hydrogen-bond acceptors (Lipinski definition) is 6. The second-order valence-corrected chi connectivity index (χ2v) is 6.36. The summed E-state index contributed by atoms with van der Waals surface area (Å²) >= 11 is 1.62. The molecule has 0 bridgehead atoms. The molecule has 0 aliphatic carbocycles. The molecule has 23 heavy (non-hydrogen) atoms. The molecule has 0 fully saturated rings. The Balaban J connectivity index is 1.85. The third kappa shape index (κ3) is 3.28. The second-order valence-electron chi connectivity index (χ2n) is 5.46. The van der Waals surface area contributed by atoms with Crippen LogP contribution < -0.4 is 10.1 Å². The van der Waals surface area contributed by atoms with Crippen molar-refractivity contribution in [3.05, 3.63) is 47.6 Å². The zero-order chi connectivity index (χ0) is 16.2. The summed E-state index contributed by atoms with van der Waals surface area (Å²) in [6.45, 7) is 0.731. The lowest BCUT2D eigenvalue weighted by Crippen LogP contribution is -2.27. The van der Waals surface area contributed by atoms with Crippen LogP contribution in [0.2, 0.25) is 0 Å². The summed E-state index contributed by atoms with van der Waals surface area (Å²) in [6.07, 6.45) is 1.61. The number of benzene rings is 1. The lowest BCUT2D eigenvalue weighted by Gasteiger charge is -2.26. The molecule has 3 rings (SSSR count). The molecule has 1 N–H and O–H groups in total. The lowest BCUT2D eigenvalue weighted by atomic mass is 10.0. The molecule has 0 aliphatic rings. The van der Waals surface area contributed by atoms with Gasteiger partial charge in [0.05, 0.1) is 18.5 Å². The lowest BCUT2D eigenvalue weighted by molar-refractivity contribution is 0.300. The van der Waals surface area contributed by atoms with Gasteiger partial charge in [-0.05, 0) is 31.6 Å². The highest BCUT2D eigenvalue weighted by molar-refractivity contribution is 7.16. The first kappa shape index (κ1) is 15.7. The molecule has 0 aliphatic heterocycles. The van der Waals surface area contributed by atoms with Crippen LogP contribution in [0.15, 0.2) is 42.0 Å². The monoisotopic (exact) mass is 328 g/mol. The number of ether oxygens (including phenoxy) is 1. The fraction of sp³-hybridized carbons (Fsp3) is 0.294. The highest BCUT2D eigenvalue weighted by Gasteiger charge is 2.18. The maximum atomic E-state index is 5.51. The van der Waals surface area contributed by atoms with Crippen molar-refractivity contribution in [2.75, 3.05) is 33.1 Å². The van der Waals surface area contributed by atoms with E-state index in [9.17, 15) is 0 Å². The van der Waals surface area contributed by atoms with Crippen LogP contribution in [-0.4, -0.2) is 42.6 Å². The van der Waals surface area contributed by atoms with E-state index >= 15 is 0 Å². The number of rotatable bonds is 6. The first-order valence-corrected chi connectivity index (χ1v) is 8.30. The van der Waals surface area contributed by atoms with Crippen LogP contribution in [0.3, 0.4) is 0 Å². The summed E-state index contributed by atoms with van der Waals surface area (Å²) in [5.74, 6) is 1.77. The molecule has 5 nitrogen and oxygen atoms in total. The number of hydrogen-bond donors (Lipinski definition) is 1. The third-order valence-corrected chi connectivity index (χ3v) is 4.67. The van der Waals surface area contributed by atoms with Gasteiger partial charge in [-0.2, -0.15) is 0 Å². The van der Waals surface area contributed by atoms with E-state index in [0.29, 0.717) is 0 Å². The number of likely N-dealkylation sites (N-methyl/N-ethyl adjacent to an activating group) is 1. The number of nitrogens with one attached hydrogen (secondary N) is 1. The molecule has 2 heterocycles.